The van der Waals surface area contributed by atoms with Crippen LogP contribution in [0.25, 0.3) is 10.2 Å². The van der Waals surface area contributed by atoms with Gasteiger partial charge in [0.1, 0.15) is 9.71 Å². The summed E-state index contributed by atoms with van der Waals surface area (Å²) in [4.78, 5) is 43.3. The molecule has 6 nitrogen and oxygen atoms in total. The van der Waals surface area contributed by atoms with Crippen molar-refractivity contribution >= 4 is 33.3 Å². The Morgan fingerprint density at radius 3 is 2.59 bits per heavy atom. The Kier molecular flexibility index (Phi) is 6.27. The van der Waals surface area contributed by atoms with Gasteiger partial charge in [0.05, 0.1) is 24.9 Å². The Bertz CT molecular complexity index is 1140. The number of carbonyl (C=O) groups is 2. The molecule has 0 aliphatic rings. The molecular formula is C22H24N2O4S. The zero-order valence-electron chi connectivity index (χ0n) is 17.1. The lowest BCUT2D eigenvalue weighted by Crippen LogP contribution is -2.25. The fraction of sp³-hybridized carbons (Fsp3) is 0.364. The molecule has 29 heavy (non-hydrogen) atoms. The highest BCUT2D eigenvalue weighted by atomic mass is 32.1. The predicted molar refractivity (Wildman–Crippen MR) is 114 cm³/mol. The van der Waals surface area contributed by atoms with Gasteiger partial charge in [-0.15, -0.1) is 11.3 Å². The summed E-state index contributed by atoms with van der Waals surface area (Å²) < 4.78 is 6.38. The fourth-order valence-electron chi connectivity index (χ4n) is 3.31. The molecule has 0 atom stereocenters. The number of carbonyl (C=O) groups excluding carboxylic acids is 2. The van der Waals surface area contributed by atoms with Gasteiger partial charge in [-0.05, 0) is 49.4 Å². The molecule has 0 spiro atoms. The molecule has 3 aromatic rings. The van der Waals surface area contributed by atoms with Crippen LogP contribution in [0, 0.1) is 6.92 Å². The normalized spacial score (nSPS) is 11.0. The summed E-state index contributed by atoms with van der Waals surface area (Å²) in [6.07, 6.45) is 2.95. The molecule has 0 saturated heterocycles. The molecule has 0 aliphatic carbocycles. The predicted octanol–water partition coefficient (Wildman–Crippen LogP) is 3.95. The highest BCUT2D eigenvalue weighted by Crippen LogP contribution is 2.27. The van der Waals surface area contributed by atoms with E-state index in [-0.39, 0.29) is 24.5 Å². The average molecular weight is 413 g/mol. The molecule has 0 N–H and O–H groups in total. The number of thiophene rings is 1. The number of rotatable bonds is 7. The van der Waals surface area contributed by atoms with Crippen molar-refractivity contribution in [1.82, 2.24) is 9.55 Å². The Morgan fingerprint density at radius 1 is 1.17 bits per heavy atom. The maximum atomic E-state index is 13.0. The lowest BCUT2D eigenvalue weighted by molar-refractivity contribution is 0.0531. The van der Waals surface area contributed by atoms with Crippen LogP contribution in [0.1, 0.15) is 57.5 Å². The zero-order chi connectivity index (χ0) is 21.1. The number of hydrogen-bond acceptors (Lipinski definition) is 6. The van der Waals surface area contributed by atoms with E-state index in [1.165, 1.54) is 10.9 Å². The highest BCUT2D eigenvalue weighted by Gasteiger charge is 2.21. The molecule has 152 valence electrons. The minimum Gasteiger partial charge on any atom is -0.462 e. The molecule has 7 heteroatoms. The molecule has 2 aromatic heterocycles. The van der Waals surface area contributed by atoms with Gasteiger partial charge in [-0.25, -0.2) is 9.78 Å². The minimum absolute atomic E-state index is 0.0913. The second-order valence-electron chi connectivity index (χ2n) is 6.76. The molecule has 0 aliphatic heterocycles. The molecule has 0 amide bonds. The SMILES string of the molecule is CCOC(=O)c1sc2ncn(CC(=O)c3cc(CC)ccc3CC)c(=O)c2c1C. The molecule has 0 unspecified atom stereocenters. The molecule has 2 heterocycles. The Labute approximate surface area is 173 Å². The number of aryl methyl sites for hydroxylation is 3. The topological polar surface area (TPSA) is 78.3 Å². The van der Waals surface area contributed by atoms with E-state index in [9.17, 15) is 14.4 Å². The number of ether oxygens (including phenoxy) is 1. The first-order valence-corrected chi connectivity index (χ1v) is 10.5. The quantitative estimate of drug-likeness (QED) is 0.434. The second kappa shape index (κ2) is 8.69. The van der Waals surface area contributed by atoms with Crippen LogP contribution < -0.4 is 5.56 Å². The van der Waals surface area contributed by atoms with Crippen LogP contribution in [0.15, 0.2) is 29.3 Å². The van der Waals surface area contributed by atoms with Crippen LogP contribution in [-0.2, 0) is 24.1 Å². The largest absolute Gasteiger partial charge is 0.462 e. The van der Waals surface area contributed by atoms with E-state index in [4.69, 9.17) is 4.74 Å². The van der Waals surface area contributed by atoms with Gasteiger partial charge in [0.25, 0.3) is 5.56 Å². The third-order valence-corrected chi connectivity index (χ3v) is 6.14. The van der Waals surface area contributed by atoms with Gasteiger partial charge < -0.3 is 4.74 Å². The maximum absolute atomic E-state index is 13.0. The molecule has 1 aromatic carbocycles. The summed E-state index contributed by atoms with van der Waals surface area (Å²) in [6.45, 7) is 7.65. The Balaban J connectivity index is 2.00. The number of aromatic nitrogens is 2. The van der Waals surface area contributed by atoms with Gasteiger partial charge in [-0.3, -0.25) is 14.2 Å². The standard InChI is InChI=1S/C22H24N2O4S/c1-5-14-8-9-15(6-2)16(10-14)17(25)11-24-12-23-20-18(21(24)26)13(4)19(29-20)22(27)28-7-3/h8-10,12H,5-7,11H2,1-4H3. The average Bonchev–Trinajstić information content (AvgIpc) is 3.07. The van der Waals surface area contributed by atoms with Crippen molar-refractivity contribution < 1.29 is 14.3 Å². The van der Waals surface area contributed by atoms with Crippen LogP contribution >= 0.6 is 11.3 Å². The van der Waals surface area contributed by atoms with Gasteiger partial charge in [0, 0.05) is 5.56 Å². The van der Waals surface area contributed by atoms with Crippen molar-refractivity contribution in [3.05, 3.63) is 62.0 Å². The van der Waals surface area contributed by atoms with Gasteiger partial charge >= 0.3 is 5.97 Å². The van der Waals surface area contributed by atoms with E-state index < -0.39 is 5.97 Å². The maximum Gasteiger partial charge on any atom is 0.348 e. The van der Waals surface area contributed by atoms with E-state index in [2.05, 4.69) is 4.98 Å². The van der Waals surface area contributed by atoms with Crippen LogP contribution in [0.4, 0.5) is 0 Å². The number of nitrogens with zero attached hydrogens (tertiary/aromatic N) is 2. The first-order valence-electron chi connectivity index (χ1n) is 9.71. The van der Waals surface area contributed by atoms with E-state index >= 15 is 0 Å². The number of ketones is 1. The van der Waals surface area contributed by atoms with Crippen LogP contribution in [0.2, 0.25) is 0 Å². The van der Waals surface area contributed by atoms with Crippen molar-refractivity contribution in [2.75, 3.05) is 6.61 Å². The highest BCUT2D eigenvalue weighted by molar-refractivity contribution is 7.20. The van der Waals surface area contributed by atoms with Gasteiger partial charge in [-0.1, -0.05) is 26.0 Å². The van der Waals surface area contributed by atoms with Crippen LogP contribution in [-0.4, -0.2) is 27.9 Å². The lowest BCUT2D eigenvalue weighted by Gasteiger charge is -2.10. The molecule has 0 bridgehead atoms. The van der Waals surface area contributed by atoms with Crippen molar-refractivity contribution in [3.8, 4) is 0 Å². The molecular weight excluding hydrogens is 388 g/mol. The number of hydrogen-bond donors (Lipinski definition) is 0. The molecule has 3 rings (SSSR count). The van der Waals surface area contributed by atoms with Crippen molar-refractivity contribution in [2.45, 2.75) is 47.1 Å². The molecule has 0 fully saturated rings. The second-order valence-corrected chi connectivity index (χ2v) is 7.76. The number of esters is 1. The van der Waals surface area contributed by atoms with E-state index in [1.54, 1.807) is 13.8 Å². The van der Waals surface area contributed by atoms with E-state index in [1.807, 2.05) is 32.0 Å². The van der Waals surface area contributed by atoms with Crippen molar-refractivity contribution in [2.24, 2.45) is 0 Å². The summed E-state index contributed by atoms with van der Waals surface area (Å²) in [5, 5.41) is 0.367. The fourth-order valence-corrected chi connectivity index (χ4v) is 4.35. The lowest BCUT2D eigenvalue weighted by atomic mass is 9.97. The summed E-state index contributed by atoms with van der Waals surface area (Å²) >= 11 is 1.14. The minimum atomic E-state index is -0.459. The first kappa shape index (κ1) is 20.9. The zero-order valence-corrected chi connectivity index (χ0v) is 17.9. The van der Waals surface area contributed by atoms with E-state index in [0.29, 0.717) is 26.2 Å². The summed E-state index contributed by atoms with van der Waals surface area (Å²) in [6, 6.07) is 5.92. The van der Waals surface area contributed by atoms with Gasteiger partial charge in [0.2, 0.25) is 0 Å². The van der Waals surface area contributed by atoms with Crippen molar-refractivity contribution in [3.63, 3.8) is 0 Å². The van der Waals surface area contributed by atoms with Crippen molar-refractivity contribution in [1.29, 1.82) is 0 Å². The van der Waals surface area contributed by atoms with Gasteiger partial charge in [0.15, 0.2) is 5.78 Å². The summed E-state index contributed by atoms with van der Waals surface area (Å²) in [5.41, 5.74) is 2.92. The van der Waals surface area contributed by atoms with Crippen LogP contribution in [0.5, 0.6) is 0 Å². The van der Waals surface area contributed by atoms with Gasteiger partial charge in [-0.2, -0.15) is 0 Å². The van der Waals surface area contributed by atoms with E-state index in [0.717, 1.165) is 35.3 Å². The Morgan fingerprint density at radius 2 is 1.93 bits per heavy atom. The van der Waals surface area contributed by atoms with Crippen LogP contribution in [0.3, 0.4) is 0 Å². The third-order valence-electron chi connectivity index (χ3n) is 4.96. The Hall–Kier alpha value is -2.80. The summed E-state index contributed by atoms with van der Waals surface area (Å²) in [7, 11) is 0. The molecule has 0 saturated carbocycles. The molecule has 0 radical (unpaired) electrons. The smallest absolute Gasteiger partial charge is 0.348 e. The monoisotopic (exact) mass is 412 g/mol. The first-order chi connectivity index (χ1) is 13.9. The third kappa shape index (κ3) is 4.00. The number of benzene rings is 1. The number of fused-ring (bicyclic) bond motifs is 1. The summed E-state index contributed by atoms with van der Waals surface area (Å²) in [5.74, 6) is -0.585. The number of Topliss-reactive ketones (excluding diaryl/α,β-unsaturated/α-hetero) is 1.